The number of aromatic amines is 1. The molecule has 21 heavy (non-hydrogen) atoms. The number of H-pyrrole nitrogens is 1. The van der Waals surface area contributed by atoms with Gasteiger partial charge in [-0.1, -0.05) is 5.98 Å². The average molecular weight is 285 g/mol. The molecule has 0 aliphatic carbocycles. The van der Waals surface area contributed by atoms with Gasteiger partial charge in [0, 0.05) is 17.8 Å². The fourth-order valence-electron chi connectivity index (χ4n) is 2.39. The minimum Gasteiger partial charge on any atom is -0.400 e. The van der Waals surface area contributed by atoms with Crippen molar-refractivity contribution in [3.8, 4) is 0 Å². The molecule has 0 saturated carbocycles. The highest BCUT2D eigenvalue weighted by molar-refractivity contribution is 6.52. The van der Waals surface area contributed by atoms with Gasteiger partial charge in [0.25, 0.3) is 0 Å². The number of nitrogens with two attached hydrogens (primary N) is 1. The van der Waals surface area contributed by atoms with E-state index in [0.29, 0.717) is 5.69 Å². The number of hydrogen-bond acceptors (Lipinski definition) is 4. The van der Waals surface area contributed by atoms with Crippen LogP contribution in [0.25, 0.3) is 17.0 Å². The fraction of sp³-hybridized carbons (Fsp3) is 0.400. The molecule has 5 nitrogen and oxygen atoms in total. The number of pyridine rings is 1. The molecule has 3 rings (SSSR count). The van der Waals surface area contributed by atoms with Crippen LogP contribution in [0.2, 0.25) is 0 Å². The molecule has 1 aliphatic rings. The van der Waals surface area contributed by atoms with Crippen LogP contribution in [0, 0.1) is 0 Å². The third-order valence-corrected chi connectivity index (χ3v) is 4.33. The van der Waals surface area contributed by atoms with Gasteiger partial charge in [0.15, 0.2) is 0 Å². The van der Waals surface area contributed by atoms with E-state index in [0.717, 1.165) is 16.6 Å². The predicted octanol–water partition coefficient (Wildman–Crippen LogP) is 2.79. The van der Waals surface area contributed by atoms with Crippen LogP contribution in [0.4, 0.5) is 5.69 Å². The second-order valence-corrected chi connectivity index (χ2v) is 6.35. The smallest absolute Gasteiger partial charge is 0.400 e. The van der Waals surface area contributed by atoms with Gasteiger partial charge in [0.05, 0.1) is 28.1 Å². The lowest BCUT2D eigenvalue weighted by molar-refractivity contribution is 0.00578. The maximum absolute atomic E-state index is 5.98. The molecular formula is C15H20BN3O2. The summed E-state index contributed by atoms with van der Waals surface area (Å²) in [5.41, 5.74) is 7.76. The number of hydrogen-bond donors (Lipinski definition) is 2. The van der Waals surface area contributed by atoms with E-state index < -0.39 is 0 Å². The van der Waals surface area contributed by atoms with E-state index in [1.165, 1.54) is 0 Å². The largest absolute Gasteiger partial charge is 0.487 e. The van der Waals surface area contributed by atoms with Crippen LogP contribution < -0.4 is 5.73 Å². The SMILES string of the molecule is CC1(C)OB(/C=C/c2nccc3[nH]cc(N)c23)OC1(C)C. The standard InChI is InChI=1S/C15H20BN3O2/c1-14(2)15(3,4)21-16(20-14)7-5-11-13-10(17)9-19-12(13)6-8-18-11/h5-9,19H,17H2,1-4H3/b7-5+. The topological polar surface area (TPSA) is 73.2 Å². The van der Waals surface area contributed by atoms with Crippen molar-refractivity contribution >= 4 is 29.8 Å². The van der Waals surface area contributed by atoms with Crippen LogP contribution in [-0.4, -0.2) is 28.3 Å². The van der Waals surface area contributed by atoms with Gasteiger partial charge < -0.3 is 20.0 Å². The summed E-state index contributed by atoms with van der Waals surface area (Å²) in [6, 6.07) is 1.90. The van der Waals surface area contributed by atoms with E-state index in [9.17, 15) is 0 Å². The molecule has 110 valence electrons. The Labute approximate surface area is 124 Å². The van der Waals surface area contributed by atoms with Gasteiger partial charge in [-0.3, -0.25) is 4.98 Å². The Morgan fingerprint density at radius 3 is 2.57 bits per heavy atom. The first-order valence-corrected chi connectivity index (χ1v) is 7.05. The molecule has 0 aromatic carbocycles. The number of nitrogens with one attached hydrogen (secondary N) is 1. The number of aromatic nitrogens is 2. The fourth-order valence-corrected chi connectivity index (χ4v) is 2.39. The summed E-state index contributed by atoms with van der Waals surface area (Å²) in [7, 11) is -0.382. The minimum absolute atomic E-state index is 0.339. The highest BCUT2D eigenvalue weighted by Crippen LogP contribution is 2.37. The maximum Gasteiger partial charge on any atom is 0.487 e. The molecule has 2 aromatic heterocycles. The van der Waals surface area contributed by atoms with Crippen molar-refractivity contribution in [2.24, 2.45) is 0 Å². The predicted molar refractivity (Wildman–Crippen MR) is 85.6 cm³/mol. The Bertz CT molecular complexity index is 690. The molecule has 0 unspecified atom stereocenters. The van der Waals surface area contributed by atoms with Crippen LogP contribution in [0.1, 0.15) is 33.4 Å². The van der Waals surface area contributed by atoms with E-state index in [-0.39, 0.29) is 18.3 Å². The van der Waals surface area contributed by atoms with Crippen molar-refractivity contribution in [1.29, 1.82) is 0 Å². The van der Waals surface area contributed by atoms with E-state index in [4.69, 9.17) is 15.0 Å². The number of nitrogen functional groups attached to an aromatic ring is 1. The monoisotopic (exact) mass is 285 g/mol. The van der Waals surface area contributed by atoms with Gasteiger partial charge in [-0.05, 0) is 39.8 Å². The molecular weight excluding hydrogens is 265 g/mol. The van der Waals surface area contributed by atoms with Crippen molar-refractivity contribution in [3.05, 3.63) is 30.1 Å². The third-order valence-electron chi connectivity index (χ3n) is 4.33. The lowest BCUT2D eigenvalue weighted by Gasteiger charge is -2.32. The number of rotatable bonds is 2. The molecule has 0 spiro atoms. The van der Waals surface area contributed by atoms with Gasteiger partial charge in [0.2, 0.25) is 0 Å². The first kappa shape index (κ1) is 14.2. The molecule has 3 heterocycles. The van der Waals surface area contributed by atoms with Gasteiger partial charge >= 0.3 is 7.12 Å². The highest BCUT2D eigenvalue weighted by Gasteiger charge is 2.50. The minimum atomic E-state index is -0.382. The number of nitrogens with zero attached hydrogens (tertiary/aromatic N) is 1. The zero-order chi connectivity index (χ0) is 15.3. The molecule has 0 radical (unpaired) electrons. The Morgan fingerprint density at radius 1 is 1.24 bits per heavy atom. The van der Waals surface area contributed by atoms with Crippen molar-refractivity contribution < 1.29 is 9.31 Å². The Kier molecular flexibility index (Phi) is 3.11. The van der Waals surface area contributed by atoms with Crippen LogP contribution in [0.5, 0.6) is 0 Å². The molecule has 0 amide bonds. The van der Waals surface area contributed by atoms with Crippen LogP contribution >= 0.6 is 0 Å². The average Bonchev–Trinajstić information content (AvgIpc) is 2.86. The Morgan fingerprint density at radius 2 is 1.90 bits per heavy atom. The number of fused-ring (bicyclic) bond motifs is 1. The van der Waals surface area contributed by atoms with Gasteiger partial charge in [-0.15, -0.1) is 0 Å². The summed E-state index contributed by atoms with van der Waals surface area (Å²) in [6.07, 6.45) is 5.43. The quantitative estimate of drug-likeness (QED) is 0.832. The lowest BCUT2D eigenvalue weighted by Crippen LogP contribution is -2.41. The van der Waals surface area contributed by atoms with E-state index in [2.05, 4.69) is 9.97 Å². The van der Waals surface area contributed by atoms with Crippen molar-refractivity contribution in [2.45, 2.75) is 38.9 Å². The Balaban J connectivity index is 1.88. The zero-order valence-corrected chi connectivity index (χ0v) is 12.8. The Hall–Kier alpha value is -1.79. The molecule has 1 saturated heterocycles. The van der Waals surface area contributed by atoms with E-state index in [1.807, 2.05) is 45.8 Å². The molecule has 0 bridgehead atoms. The molecule has 0 atom stereocenters. The molecule has 6 heteroatoms. The molecule has 2 aromatic rings. The van der Waals surface area contributed by atoms with Crippen LogP contribution in [0.3, 0.4) is 0 Å². The van der Waals surface area contributed by atoms with Crippen LogP contribution in [-0.2, 0) is 9.31 Å². The van der Waals surface area contributed by atoms with Crippen molar-refractivity contribution in [3.63, 3.8) is 0 Å². The van der Waals surface area contributed by atoms with Gasteiger partial charge in [-0.25, -0.2) is 0 Å². The second-order valence-electron chi connectivity index (χ2n) is 6.35. The van der Waals surface area contributed by atoms with Crippen LogP contribution in [0.15, 0.2) is 24.4 Å². The molecule has 1 fully saturated rings. The lowest BCUT2D eigenvalue weighted by atomic mass is 9.89. The summed E-state index contributed by atoms with van der Waals surface area (Å²) in [6.45, 7) is 8.13. The normalized spacial score (nSPS) is 20.7. The molecule has 3 N–H and O–H groups in total. The third kappa shape index (κ3) is 2.34. The zero-order valence-electron chi connectivity index (χ0n) is 12.8. The summed E-state index contributed by atoms with van der Waals surface area (Å²) in [5, 5.41) is 0.922. The first-order valence-electron chi connectivity index (χ1n) is 7.05. The maximum atomic E-state index is 5.98. The van der Waals surface area contributed by atoms with E-state index in [1.54, 1.807) is 12.4 Å². The van der Waals surface area contributed by atoms with Crippen molar-refractivity contribution in [2.75, 3.05) is 5.73 Å². The highest BCUT2D eigenvalue weighted by atomic mass is 16.7. The van der Waals surface area contributed by atoms with E-state index >= 15 is 0 Å². The number of anilines is 1. The molecule has 1 aliphatic heterocycles. The summed E-state index contributed by atoms with van der Waals surface area (Å²) < 4.78 is 11.9. The van der Waals surface area contributed by atoms with Crippen molar-refractivity contribution in [1.82, 2.24) is 9.97 Å². The summed E-state index contributed by atoms with van der Waals surface area (Å²) in [4.78, 5) is 7.50. The van der Waals surface area contributed by atoms with Gasteiger partial charge in [-0.2, -0.15) is 0 Å². The second kappa shape index (κ2) is 4.61. The van der Waals surface area contributed by atoms with Gasteiger partial charge in [0.1, 0.15) is 0 Å². The first-order chi connectivity index (χ1) is 9.80. The summed E-state index contributed by atoms with van der Waals surface area (Å²) >= 11 is 0. The summed E-state index contributed by atoms with van der Waals surface area (Å²) in [5.74, 6) is 1.88.